The Balaban J connectivity index is 1.32. The minimum absolute atomic E-state index is 0.000206. The van der Waals surface area contributed by atoms with Crippen molar-refractivity contribution in [1.82, 2.24) is 30.5 Å². The molecule has 1 aromatic carbocycles. The highest BCUT2D eigenvalue weighted by Crippen LogP contribution is 2.17. The number of carbonyl (C=O) groups is 2. The molecule has 0 radical (unpaired) electrons. The Morgan fingerprint density at radius 1 is 1.24 bits per heavy atom. The molecule has 4 rings (SSSR count). The number of hydrogen-bond donors (Lipinski definition) is 1. The number of nitrogens with zero attached hydrogens (tertiary/aromatic N) is 5. The Morgan fingerprint density at radius 2 is 2.07 bits per heavy atom. The fourth-order valence-corrected chi connectivity index (χ4v) is 3.52. The Kier molecular flexibility index (Phi) is 5.46. The summed E-state index contributed by atoms with van der Waals surface area (Å²) in [5.74, 6) is -0.0576. The van der Waals surface area contributed by atoms with Gasteiger partial charge in [0.05, 0.1) is 23.7 Å². The predicted octanol–water partition coefficient (Wildman–Crippen LogP) is 1.53. The fraction of sp³-hybridized carbons (Fsp3) is 0.400. The van der Waals surface area contributed by atoms with E-state index in [1.807, 2.05) is 29.2 Å². The van der Waals surface area contributed by atoms with Crippen molar-refractivity contribution in [2.45, 2.75) is 26.2 Å². The Labute approximate surface area is 167 Å². The highest BCUT2D eigenvalue weighted by molar-refractivity contribution is 5.93. The smallest absolute Gasteiger partial charge is 0.271 e. The van der Waals surface area contributed by atoms with Gasteiger partial charge in [-0.1, -0.05) is 22.4 Å². The lowest BCUT2D eigenvalue weighted by atomic mass is 9.97. The Morgan fingerprint density at radius 3 is 2.86 bits per heavy atom. The maximum Gasteiger partial charge on any atom is 0.271 e. The van der Waals surface area contributed by atoms with Crippen LogP contribution in [0.4, 0.5) is 0 Å². The van der Waals surface area contributed by atoms with Crippen LogP contribution in [0.25, 0.3) is 11.0 Å². The molecule has 9 heteroatoms. The average Bonchev–Trinajstić information content (AvgIpc) is 3.16. The van der Waals surface area contributed by atoms with Crippen molar-refractivity contribution in [3.8, 4) is 0 Å². The molecule has 1 N–H and O–H groups in total. The molecule has 2 amide bonds. The predicted molar refractivity (Wildman–Crippen MR) is 104 cm³/mol. The second-order valence-corrected chi connectivity index (χ2v) is 7.28. The van der Waals surface area contributed by atoms with E-state index in [0.717, 1.165) is 18.4 Å². The minimum atomic E-state index is -0.254. The average molecular weight is 394 g/mol. The molecule has 0 saturated carbocycles. The van der Waals surface area contributed by atoms with Crippen LogP contribution in [-0.4, -0.2) is 56.6 Å². The first-order valence-electron chi connectivity index (χ1n) is 9.66. The molecule has 9 nitrogen and oxygen atoms in total. The van der Waals surface area contributed by atoms with Gasteiger partial charge < -0.3 is 10.2 Å². The van der Waals surface area contributed by atoms with Gasteiger partial charge in [0.25, 0.3) is 5.91 Å². The summed E-state index contributed by atoms with van der Waals surface area (Å²) in [5.41, 5.74) is 2.94. The molecule has 0 bridgehead atoms. The van der Waals surface area contributed by atoms with E-state index in [4.69, 9.17) is 0 Å². The fourth-order valence-electron chi connectivity index (χ4n) is 3.52. The van der Waals surface area contributed by atoms with E-state index in [1.165, 1.54) is 6.20 Å². The van der Waals surface area contributed by atoms with Crippen LogP contribution in [0.15, 0.2) is 35.1 Å². The highest BCUT2D eigenvalue weighted by Gasteiger charge is 2.25. The van der Waals surface area contributed by atoms with Crippen LogP contribution in [0.3, 0.4) is 0 Å². The van der Waals surface area contributed by atoms with E-state index in [9.17, 15) is 9.59 Å². The number of benzene rings is 1. The van der Waals surface area contributed by atoms with E-state index >= 15 is 0 Å². The summed E-state index contributed by atoms with van der Waals surface area (Å²) in [4.78, 5) is 35.5. The summed E-state index contributed by atoms with van der Waals surface area (Å²) in [7, 11) is 0. The van der Waals surface area contributed by atoms with Gasteiger partial charge >= 0.3 is 0 Å². The molecule has 3 aromatic rings. The number of aromatic nitrogens is 4. The third-order valence-corrected chi connectivity index (χ3v) is 5.17. The molecule has 1 saturated heterocycles. The first kappa shape index (κ1) is 19.0. The normalized spacial score (nSPS) is 16.7. The molecular weight excluding hydrogens is 372 g/mol. The number of hydrogen-bond acceptors (Lipinski definition) is 7. The van der Waals surface area contributed by atoms with Gasteiger partial charge in [-0.25, -0.2) is 9.61 Å². The first-order chi connectivity index (χ1) is 14.1. The van der Waals surface area contributed by atoms with Crippen molar-refractivity contribution in [2.24, 2.45) is 5.92 Å². The van der Waals surface area contributed by atoms with Crippen LogP contribution in [0.1, 0.15) is 34.7 Å². The summed E-state index contributed by atoms with van der Waals surface area (Å²) in [6, 6.07) is 7.43. The number of fused-ring (bicyclic) bond motifs is 1. The second kappa shape index (κ2) is 8.34. The van der Waals surface area contributed by atoms with Crippen LogP contribution in [0.2, 0.25) is 0 Å². The molecule has 1 fully saturated rings. The summed E-state index contributed by atoms with van der Waals surface area (Å²) >= 11 is 0. The lowest BCUT2D eigenvalue weighted by Crippen LogP contribution is -2.44. The zero-order chi connectivity index (χ0) is 20.2. The van der Waals surface area contributed by atoms with Crippen LogP contribution in [0, 0.1) is 12.8 Å². The topological polar surface area (TPSA) is 114 Å². The molecule has 1 atom stereocenters. The van der Waals surface area contributed by atoms with Gasteiger partial charge in [0, 0.05) is 19.6 Å². The van der Waals surface area contributed by atoms with Crippen molar-refractivity contribution in [3.63, 3.8) is 0 Å². The number of para-hydroxylation sites is 2. The van der Waals surface area contributed by atoms with Crippen LogP contribution >= 0.6 is 0 Å². The zero-order valence-electron chi connectivity index (χ0n) is 16.2. The third-order valence-electron chi connectivity index (χ3n) is 5.17. The van der Waals surface area contributed by atoms with E-state index in [0.29, 0.717) is 42.2 Å². The maximum absolute atomic E-state index is 12.6. The summed E-state index contributed by atoms with van der Waals surface area (Å²) in [5, 5.41) is 10.4. The molecule has 1 aliphatic heterocycles. The van der Waals surface area contributed by atoms with Crippen molar-refractivity contribution >= 4 is 22.8 Å². The van der Waals surface area contributed by atoms with Crippen molar-refractivity contribution in [1.29, 1.82) is 0 Å². The maximum atomic E-state index is 12.6. The van der Waals surface area contributed by atoms with E-state index < -0.39 is 0 Å². The molecule has 1 unspecified atom stereocenters. The number of piperidine rings is 1. The monoisotopic (exact) mass is 394 g/mol. The standard InChI is InChI=1S/C20H22N6O3/c1-13-17(25-29-24-13)9-19(27)26-8-4-5-14(12-26)10-22-20(28)18-11-21-15-6-2-3-7-16(15)23-18/h2-3,6-7,11,14H,4-5,8-10,12H2,1H3,(H,22,28). The van der Waals surface area contributed by atoms with Gasteiger partial charge in [-0.05, 0) is 37.8 Å². The SMILES string of the molecule is Cc1nonc1CC(=O)N1CCCC(CNC(=O)c2cnc3ccccc3n2)C1. The van der Waals surface area contributed by atoms with Crippen LogP contribution in [-0.2, 0) is 11.2 Å². The van der Waals surface area contributed by atoms with E-state index in [-0.39, 0.29) is 24.2 Å². The zero-order valence-corrected chi connectivity index (χ0v) is 16.2. The highest BCUT2D eigenvalue weighted by atomic mass is 16.6. The first-order valence-corrected chi connectivity index (χ1v) is 9.66. The molecule has 2 aromatic heterocycles. The number of amides is 2. The largest absolute Gasteiger partial charge is 0.350 e. The molecule has 0 aliphatic carbocycles. The Bertz CT molecular complexity index is 1030. The van der Waals surface area contributed by atoms with Crippen LogP contribution < -0.4 is 5.32 Å². The van der Waals surface area contributed by atoms with Crippen molar-refractivity contribution in [3.05, 3.63) is 47.5 Å². The van der Waals surface area contributed by atoms with E-state index in [1.54, 1.807) is 6.92 Å². The van der Waals surface area contributed by atoms with E-state index in [2.05, 4.69) is 30.2 Å². The summed E-state index contributed by atoms with van der Waals surface area (Å²) < 4.78 is 4.66. The second-order valence-electron chi connectivity index (χ2n) is 7.28. The number of carbonyl (C=O) groups excluding carboxylic acids is 2. The van der Waals surface area contributed by atoms with Gasteiger partial charge in [0.2, 0.25) is 5.91 Å². The van der Waals surface area contributed by atoms with Gasteiger partial charge in [0.15, 0.2) is 0 Å². The molecule has 3 heterocycles. The van der Waals surface area contributed by atoms with Crippen LogP contribution in [0.5, 0.6) is 0 Å². The number of rotatable bonds is 5. The van der Waals surface area contributed by atoms with Gasteiger partial charge in [0.1, 0.15) is 17.1 Å². The molecule has 0 spiro atoms. The molecule has 150 valence electrons. The third kappa shape index (κ3) is 4.39. The molecular formula is C20H22N6O3. The molecule has 1 aliphatic rings. The number of nitrogens with one attached hydrogen (secondary N) is 1. The van der Waals surface area contributed by atoms with Gasteiger partial charge in [-0.3, -0.25) is 14.6 Å². The number of likely N-dealkylation sites (tertiary alicyclic amines) is 1. The Hall–Kier alpha value is -3.36. The number of aryl methyl sites for hydroxylation is 1. The quantitative estimate of drug-likeness (QED) is 0.698. The minimum Gasteiger partial charge on any atom is -0.350 e. The lowest BCUT2D eigenvalue weighted by Gasteiger charge is -2.32. The summed E-state index contributed by atoms with van der Waals surface area (Å²) in [6.45, 7) is 3.57. The van der Waals surface area contributed by atoms with Crippen molar-refractivity contribution < 1.29 is 14.2 Å². The molecule has 29 heavy (non-hydrogen) atoms. The van der Waals surface area contributed by atoms with Gasteiger partial charge in [-0.2, -0.15) is 0 Å². The summed E-state index contributed by atoms with van der Waals surface area (Å²) in [6.07, 6.45) is 3.53. The lowest BCUT2D eigenvalue weighted by molar-refractivity contribution is -0.132. The van der Waals surface area contributed by atoms with Crippen molar-refractivity contribution in [2.75, 3.05) is 19.6 Å². The van der Waals surface area contributed by atoms with Gasteiger partial charge in [-0.15, -0.1) is 0 Å².